The van der Waals surface area contributed by atoms with Gasteiger partial charge in [0, 0.05) is 44.1 Å². The molecule has 10 heteroatoms. The maximum Gasteiger partial charge on any atom is 0.410 e. The van der Waals surface area contributed by atoms with Crippen molar-refractivity contribution in [2.75, 3.05) is 25.0 Å². The van der Waals surface area contributed by atoms with Gasteiger partial charge in [-0.1, -0.05) is 11.6 Å². The van der Waals surface area contributed by atoms with Crippen LogP contribution in [0.1, 0.15) is 65.2 Å². The number of piperazine rings is 1. The van der Waals surface area contributed by atoms with E-state index in [1.54, 1.807) is 17.9 Å². The molecule has 1 unspecified atom stereocenters. The van der Waals surface area contributed by atoms with E-state index in [0.29, 0.717) is 42.6 Å². The highest BCUT2D eigenvalue weighted by Gasteiger charge is 2.31. The minimum Gasteiger partial charge on any atom is -0.478 e. The first-order chi connectivity index (χ1) is 16.7. The summed E-state index contributed by atoms with van der Waals surface area (Å²) in [6, 6.07) is 4.53. The molecule has 0 aliphatic carbocycles. The third kappa shape index (κ3) is 6.73. The van der Waals surface area contributed by atoms with E-state index >= 15 is 0 Å². The third-order valence-electron chi connectivity index (χ3n) is 6.03. The molecule has 9 nitrogen and oxygen atoms in total. The van der Waals surface area contributed by atoms with Crippen molar-refractivity contribution in [1.29, 1.82) is 0 Å². The molecule has 1 fully saturated rings. The number of carbonyl (C=O) groups is 3. The molecule has 0 bridgehead atoms. The second-order valence-corrected chi connectivity index (χ2v) is 10.5. The molecule has 1 aromatic carbocycles. The number of anilines is 1. The highest BCUT2D eigenvalue weighted by atomic mass is 35.5. The summed E-state index contributed by atoms with van der Waals surface area (Å²) in [7, 11) is 0. The zero-order chi connectivity index (χ0) is 26.8. The molecule has 2 N–H and O–H groups in total. The molecular weight excluding hydrogens is 484 g/mol. The van der Waals surface area contributed by atoms with Crippen LogP contribution in [0.4, 0.5) is 10.5 Å². The van der Waals surface area contributed by atoms with Crippen LogP contribution in [-0.2, 0) is 11.3 Å². The van der Waals surface area contributed by atoms with Gasteiger partial charge in [0.05, 0.1) is 21.8 Å². The number of carbonyl (C=O) groups excluding carboxylic acids is 2. The summed E-state index contributed by atoms with van der Waals surface area (Å²) in [5.74, 6) is -1.52. The van der Waals surface area contributed by atoms with Crippen LogP contribution < -0.4 is 5.32 Å². The van der Waals surface area contributed by atoms with Gasteiger partial charge in [-0.2, -0.15) is 0 Å². The molecule has 36 heavy (non-hydrogen) atoms. The Bertz CT molecular complexity index is 1180. The molecule has 0 saturated carbocycles. The van der Waals surface area contributed by atoms with E-state index in [9.17, 15) is 19.5 Å². The number of carboxylic acids is 1. The molecule has 1 aromatic heterocycles. The summed E-state index contributed by atoms with van der Waals surface area (Å²) in [5, 5.41) is 12.9. The Balaban J connectivity index is 1.78. The number of benzene rings is 1. The number of aromatic nitrogens is 1. The van der Waals surface area contributed by atoms with Gasteiger partial charge >= 0.3 is 12.1 Å². The van der Waals surface area contributed by atoms with Crippen molar-refractivity contribution >= 4 is 35.3 Å². The number of halogens is 1. The molecule has 3 rings (SSSR count). The molecule has 1 aliphatic heterocycles. The fraction of sp³-hybridized carbons (Fsp3) is 0.462. The zero-order valence-electron chi connectivity index (χ0n) is 21.5. The molecule has 1 saturated heterocycles. The van der Waals surface area contributed by atoms with Gasteiger partial charge in [-0.05, 0) is 70.9 Å². The molecule has 194 valence electrons. The van der Waals surface area contributed by atoms with Gasteiger partial charge in [0.25, 0.3) is 5.91 Å². The summed E-state index contributed by atoms with van der Waals surface area (Å²) in [6.07, 6.45) is 1.09. The summed E-state index contributed by atoms with van der Waals surface area (Å²) in [6.45, 7) is 13.2. The Kier molecular flexibility index (Phi) is 8.26. The fourth-order valence-corrected chi connectivity index (χ4v) is 4.19. The fourth-order valence-electron chi connectivity index (χ4n) is 4.03. The van der Waals surface area contributed by atoms with Crippen LogP contribution in [0, 0.1) is 13.8 Å². The van der Waals surface area contributed by atoms with E-state index < -0.39 is 17.5 Å². The molecule has 2 heterocycles. The summed E-state index contributed by atoms with van der Waals surface area (Å²) in [4.78, 5) is 45.2. The van der Waals surface area contributed by atoms with E-state index in [1.807, 2.05) is 34.6 Å². The Labute approximate surface area is 216 Å². The predicted octanol–water partition coefficient (Wildman–Crippen LogP) is 4.74. The van der Waals surface area contributed by atoms with E-state index in [4.69, 9.17) is 16.3 Å². The molecule has 0 spiro atoms. The molecule has 2 amide bonds. The van der Waals surface area contributed by atoms with Crippen LogP contribution in [0.3, 0.4) is 0 Å². The lowest BCUT2D eigenvalue weighted by atomic mass is 10.0. The topological polar surface area (TPSA) is 112 Å². The lowest BCUT2D eigenvalue weighted by Crippen LogP contribution is -2.54. The van der Waals surface area contributed by atoms with Crippen LogP contribution in [0.2, 0.25) is 5.02 Å². The minimum atomic E-state index is -1.09. The van der Waals surface area contributed by atoms with Gasteiger partial charge in [0.1, 0.15) is 5.60 Å². The quantitative estimate of drug-likeness (QED) is 0.590. The predicted molar refractivity (Wildman–Crippen MR) is 138 cm³/mol. The average Bonchev–Trinajstić information content (AvgIpc) is 2.76. The first kappa shape index (κ1) is 27.4. The highest BCUT2D eigenvalue weighted by Crippen LogP contribution is 2.26. The number of aromatic carboxylic acids is 1. The van der Waals surface area contributed by atoms with Crippen molar-refractivity contribution in [3.63, 3.8) is 0 Å². The van der Waals surface area contributed by atoms with Crippen molar-refractivity contribution in [2.45, 2.75) is 59.7 Å². The van der Waals surface area contributed by atoms with Gasteiger partial charge in [-0.3, -0.25) is 14.7 Å². The number of rotatable bonds is 5. The number of amides is 2. The Morgan fingerprint density at radius 2 is 1.86 bits per heavy atom. The van der Waals surface area contributed by atoms with Gasteiger partial charge in [-0.15, -0.1) is 0 Å². The van der Waals surface area contributed by atoms with Crippen molar-refractivity contribution in [1.82, 2.24) is 14.8 Å². The normalized spacial score (nSPS) is 16.5. The first-order valence-corrected chi connectivity index (χ1v) is 12.1. The Morgan fingerprint density at radius 3 is 2.44 bits per heavy atom. The van der Waals surface area contributed by atoms with Crippen LogP contribution in [0.15, 0.2) is 24.4 Å². The summed E-state index contributed by atoms with van der Waals surface area (Å²) < 4.78 is 5.52. The lowest BCUT2D eigenvalue weighted by Gasteiger charge is -2.40. The smallest absolute Gasteiger partial charge is 0.410 e. The number of hydrogen-bond donors (Lipinski definition) is 2. The highest BCUT2D eigenvalue weighted by molar-refractivity contribution is 6.31. The van der Waals surface area contributed by atoms with Gasteiger partial charge < -0.3 is 20.1 Å². The molecule has 1 atom stereocenters. The largest absolute Gasteiger partial charge is 0.478 e. The van der Waals surface area contributed by atoms with Crippen LogP contribution in [0.25, 0.3) is 0 Å². The SMILES string of the molecule is Cc1ncc(C(=O)Nc2cc(C(=O)O)cc(CN3CCN(C(=O)OC(C)(C)C)C(C)C3)c2C)cc1Cl. The second-order valence-electron chi connectivity index (χ2n) is 10.1. The number of pyridine rings is 1. The summed E-state index contributed by atoms with van der Waals surface area (Å²) in [5.41, 5.74) is 2.35. The first-order valence-electron chi connectivity index (χ1n) is 11.8. The van der Waals surface area contributed by atoms with Gasteiger partial charge in [-0.25, -0.2) is 9.59 Å². The van der Waals surface area contributed by atoms with Gasteiger partial charge in [0.2, 0.25) is 0 Å². The molecule has 1 aliphatic rings. The maximum atomic E-state index is 12.8. The van der Waals surface area contributed by atoms with Crippen molar-refractivity contribution < 1.29 is 24.2 Å². The number of hydrogen-bond acceptors (Lipinski definition) is 6. The van der Waals surface area contributed by atoms with E-state index in [1.165, 1.54) is 18.3 Å². The number of nitrogens with one attached hydrogen (secondary N) is 1. The van der Waals surface area contributed by atoms with Crippen molar-refractivity contribution in [2.24, 2.45) is 0 Å². The number of nitrogens with zero attached hydrogens (tertiary/aromatic N) is 3. The van der Waals surface area contributed by atoms with Crippen molar-refractivity contribution in [3.05, 3.63) is 57.4 Å². The monoisotopic (exact) mass is 516 g/mol. The van der Waals surface area contributed by atoms with E-state index in [-0.39, 0.29) is 23.3 Å². The lowest BCUT2D eigenvalue weighted by molar-refractivity contribution is 0.000503. The molecular formula is C26H33ClN4O5. The maximum absolute atomic E-state index is 12.8. The molecule has 2 aromatic rings. The third-order valence-corrected chi connectivity index (χ3v) is 6.41. The van der Waals surface area contributed by atoms with Gasteiger partial charge in [0.15, 0.2) is 0 Å². The van der Waals surface area contributed by atoms with Crippen LogP contribution >= 0.6 is 11.6 Å². The van der Waals surface area contributed by atoms with Crippen LogP contribution in [-0.4, -0.2) is 69.1 Å². The van der Waals surface area contributed by atoms with E-state index in [2.05, 4.69) is 15.2 Å². The number of ether oxygens (including phenoxy) is 1. The number of carboxylic acid groups (broad SMARTS) is 1. The summed E-state index contributed by atoms with van der Waals surface area (Å²) >= 11 is 6.11. The molecule has 0 radical (unpaired) electrons. The van der Waals surface area contributed by atoms with E-state index in [0.717, 1.165) is 11.1 Å². The number of aryl methyl sites for hydroxylation is 1. The Morgan fingerprint density at radius 1 is 1.17 bits per heavy atom. The average molecular weight is 517 g/mol. The zero-order valence-corrected chi connectivity index (χ0v) is 22.3. The second kappa shape index (κ2) is 10.8. The standard InChI is InChI=1S/C26H33ClN4O5/c1-15-13-30(7-8-31(15)25(35)36-26(4,5)6)14-20-9-18(24(33)34)11-22(16(20)2)29-23(32)19-10-21(27)17(3)28-12-19/h9-12,15H,7-8,13-14H2,1-6H3,(H,29,32)(H,33,34). The minimum absolute atomic E-state index is 0.0745. The van der Waals surface area contributed by atoms with Crippen LogP contribution in [0.5, 0.6) is 0 Å². The Hall–Kier alpha value is -3.17. The van der Waals surface area contributed by atoms with Crippen molar-refractivity contribution in [3.8, 4) is 0 Å².